The molecule has 0 unspecified atom stereocenters. The number of ether oxygens (including phenoxy) is 3. The fourth-order valence-electron chi connectivity index (χ4n) is 2.82. The topological polar surface area (TPSA) is 112 Å². The van der Waals surface area contributed by atoms with Gasteiger partial charge in [0.1, 0.15) is 23.0 Å². The molecule has 29 heavy (non-hydrogen) atoms. The number of phenols is 1. The van der Waals surface area contributed by atoms with Crippen LogP contribution in [0.25, 0.3) is 22.4 Å². The molecule has 0 spiro atoms. The standard InChI is InChI=1S/C20H20N4O4S/c1-26-12-6-4-11(5-7-12)14-10-22-20(24-19(21)29)23-18(14)17-15(25)8-13(27-2)9-16(17)28-3/h4-10,25H,1-3H3,(H3,21,22,23,24,29). The van der Waals surface area contributed by atoms with Crippen LogP contribution in [0, 0.1) is 0 Å². The number of methoxy groups -OCH3 is 3. The van der Waals surface area contributed by atoms with Gasteiger partial charge in [-0.2, -0.15) is 0 Å². The molecule has 1 heterocycles. The van der Waals surface area contributed by atoms with E-state index in [0.29, 0.717) is 34.1 Å². The third kappa shape index (κ3) is 4.30. The van der Waals surface area contributed by atoms with Crippen molar-refractivity contribution < 1.29 is 19.3 Å². The molecule has 150 valence electrons. The second kappa shape index (κ2) is 8.61. The molecule has 0 amide bonds. The Bertz CT molecular complexity index is 1040. The second-order valence-electron chi connectivity index (χ2n) is 5.90. The molecule has 1 aromatic heterocycles. The predicted molar refractivity (Wildman–Crippen MR) is 115 cm³/mol. The van der Waals surface area contributed by atoms with Crippen LogP contribution in [0.4, 0.5) is 5.95 Å². The fraction of sp³-hybridized carbons (Fsp3) is 0.150. The molecule has 0 aliphatic carbocycles. The minimum atomic E-state index is -0.0593. The Balaban J connectivity index is 2.25. The second-order valence-corrected chi connectivity index (χ2v) is 6.34. The van der Waals surface area contributed by atoms with Crippen LogP contribution in [-0.4, -0.2) is 41.5 Å². The number of phenolic OH excluding ortho intramolecular Hbond substituents is 1. The molecule has 3 aromatic rings. The zero-order chi connectivity index (χ0) is 21.0. The third-order valence-electron chi connectivity index (χ3n) is 4.17. The Morgan fingerprint density at radius 1 is 1.03 bits per heavy atom. The molecule has 8 nitrogen and oxygen atoms in total. The maximum atomic E-state index is 10.7. The lowest BCUT2D eigenvalue weighted by atomic mass is 9.99. The first kappa shape index (κ1) is 20.2. The van der Waals surface area contributed by atoms with E-state index in [2.05, 4.69) is 15.3 Å². The van der Waals surface area contributed by atoms with Crippen LogP contribution in [0.5, 0.6) is 23.0 Å². The van der Waals surface area contributed by atoms with Crippen LogP contribution in [0.2, 0.25) is 0 Å². The quantitative estimate of drug-likeness (QED) is 0.525. The van der Waals surface area contributed by atoms with Crippen LogP contribution in [0.1, 0.15) is 0 Å². The number of nitrogens with zero attached hydrogens (tertiary/aromatic N) is 2. The summed E-state index contributed by atoms with van der Waals surface area (Å²) in [4.78, 5) is 8.80. The van der Waals surface area contributed by atoms with Gasteiger partial charge in [0, 0.05) is 23.9 Å². The van der Waals surface area contributed by atoms with Gasteiger partial charge in [0.2, 0.25) is 5.95 Å². The first-order valence-electron chi connectivity index (χ1n) is 8.50. The highest BCUT2D eigenvalue weighted by molar-refractivity contribution is 7.80. The van der Waals surface area contributed by atoms with Crippen LogP contribution < -0.4 is 25.3 Å². The number of anilines is 1. The van der Waals surface area contributed by atoms with Gasteiger partial charge in [-0.15, -0.1) is 0 Å². The summed E-state index contributed by atoms with van der Waals surface area (Å²) in [5.41, 5.74) is 7.85. The molecular formula is C20H20N4O4S. The maximum Gasteiger partial charge on any atom is 0.229 e. The largest absolute Gasteiger partial charge is 0.507 e. The summed E-state index contributed by atoms with van der Waals surface area (Å²) in [6.45, 7) is 0. The average molecular weight is 412 g/mol. The van der Waals surface area contributed by atoms with Gasteiger partial charge in [0.25, 0.3) is 0 Å². The molecule has 4 N–H and O–H groups in total. The highest BCUT2D eigenvalue weighted by Gasteiger charge is 2.21. The molecule has 0 aliphatic heterocycles. The first-order chi connectivity index (χ1) is 14.0. The number of hydrogen-bond donors (Lipinski definition) is 3. The minimum absolute atomic E-state index is 0.0269. The Labute approximate surface area is 173 Å². The van der Waals surface area contributed by atoms with Gasteiger partial charge < -0.3 is 30.4 Å². The van der Waals surface area contributed by atoms with Gasteiger partial charge in [-0.05, 0) is 29.9 Å². The monoisotopic (exact) mass is 412 g/mol. The van der Waals surface area contributed by atoms with E-state index in [-0.39, 0.29) is 16.8 Å². The Hall–Kier alpha value is -3.59. The number of aromatic nitrogens is 2. The van der Waals surface area contributed by atoms with Crippen LogP contribution >= 0.6 is 12.2 Å². The molecule has 0 fully saturated rings. The van der Waals surface area contributed by atoms with E-state index >= 15 is 0 Å². The van der Waals surface area contributed by atoms with E-state index in [9.17, 15) is 5.11 Å². The molecule has 0 radical (unpaired) electrons. The molecular weight excluding hydrogens is 392 g/mol. The number of rotatable bonds is 6. The average Bonchev–Trinajstić information content (AvgIpc) is 2.72. The maximum absolute atomic E-state index is 10.7. The number of nitrogens with two attached hydrogens (primary N) is 1. The number of thiocarbonyl (C=S) groups is 1. The van der Waals surface area contributed by atoms with E-state index in [1.54, 1.807) is 19.4 Å². The lowest BCUT2D eigenvalue weighted by Crippen LogP contribution is -2.20. The van der Waals surface area contributed by atoms with Gasteiger partial charge in [-0.3, -0.25) is 0 Å². The third-order valence-corrected chi connectivity index (χ3v) is 4.27. The van der Waals surface area contributed by atoms with E-state index < -0.39 is 0 Å². The van der Waals surface area contributed by atoms with Gasteiger partial charge in [0.05, 0.1) is 32.6 Å². The number of benzene rings is 2. The number of nitrogens with one attached hydrogen (secondary N) is 1. The summed E-state index contributed by atoms with van der Waals surface area (Å²) in [6.07, 6.45) is 1.62. The summed E-state index contributed by atoms with van der Waals surface area (Å²) in [5.74, 6) is 1.69. The molecule has 0 saturated heterocycles. The summed E-state index contributed by atoms with van der Waals surface area (Å²) in [7, 11) is 4.60. The number of aromatic hydroxyl groups is 1. The summed E-state index contributed by atoms with van der Waals surface area (Å²) in [6, 6.07) is 10.5. The normalized spacial score (nSPS) is 10.3. The lowest BCUT2D eigenvalue weighted by molar-refractivity contribution is 0.386. The van der Waals surface area contributed by atoms with Crippen LogP contribution in [-0.2, 0) is 0 Å². The van der Waals surface area contributed by atoms with Crippen molar-refractivity contribution in [2.75, 3.05) is 26.6 Å². The molecule has 0 atom stereocenters. The molecule has 0 aliphatic rings. The predicted octanol–water partition coefficient (Wildman–Crippen LogP) is 3.20. The zero-order valence-corrected chi connectivity index (χ0v) is 16.9. The molecule has 2 aromatic carbocycles. The fourth-order valence-corrected chi connectivity index (χ4v) is 2.91. The van der Waals surface area contributed by atoms with Crippen molar-refractivity contribution >= 4 is 23.3 Å². The van der Waals surface area contributed by atoms with Crippen LogP contribution in [0.15, 0.2) is 42.6 Å². The van der Waals surface area contributed by atoms with E-state index in [1.165, 1.54) is 20.3 Å². The van der Waals surface area contributed by atoms with Crippen molar-refractivity contribution in [3.63, 3.8) is 0 Å². The van der Waals surface area contributed by atoms with E-state index in [0.717, 1.165) is 5.56 Å². The highest BCUT2D eigenvalue weighted by Crippen LogP contribution is 2.44. The van der Waals surface area contributed by atoms with E-state index in [1.807, 2.05) is 24.3 Å². The lowest BCUT2D eigenvalue weighted by Gasteiger charge is -2.16. The van der Waals surface area contributed by atoms with Crippen molar-refractivity contribution in [1.29, 1.82) is 0 Å². The number of hydrogen-bond acceptors (Lipinski definition) is 7. The van der Waals surface area contributed by atoms with Crippen molar-refractivity contribution in [3.8, 4) is 45.4 Å². The smallest absolute Gasteiger partial charge is 0.229 e. The van der Waals surface area contributed by atoms with Gasteiger partial charge >= 0.3 is 0 Å². The first-order valence-corrected chi connectivity index (χ1v) is 8.91. The molecule has 9 heteroatoms. The Morgan fingerprint density at radius 2 is 1.72 bits per heavy atom. The van der Waals surface area contributed by atoms with Crippen molar-refractivity contribution in [1.82, 2.24) is 9.97 Å². The summed E-state index contributed by atoms with van der Waals surface area (Å²) >= 11 is 4.88. The Kier molecular flexibility index (Phi) is 5.99. The molecule has 0 bridgehead atoms. The van der Waals surface area contributed by atoms with Crippen molar-refractivity contribution in [3.05, 3.63) is 42.6 Å². The van der Waals surface area contributed by atoms with Crippen molar-refractivity contribution in [2.24, 2.45) is 5.73 Å². The Morgan fingerprint density at radius 3 is 2.31 bits per heavy atom. The van der Waals surface area contributed by atoms with Crippen LogP contribution in [0.3, 0.4) is 0 Å². The summed E-state index contributed by atoms with van der Waals surface area (Å²) < 4.78 is 15.9. The van der Waals surface area contributed by atoms with Crippen molar-refractivity contribution in [2.45, 2.75) is 0 Å². The molecule has 0 saturated carbocycles. The van der Waals surface area contributed by atoms with E-state index in [4.69, 9.17) is 32.2 Å². The van der Waals surface area contributed by atoms with Gasteiger partial charge in [0.15, 0.2) is 5.11 Å². The van der Waals surface area contributed by atoms with Gasteiger partial charge in [-0.1, -0.05) is 12.1 Å². The molecule has 3 rings (SSSR count). The van der Waals surface area contributed by atoms with Gasteiger partial charge in [-0.25, -0.2) is 9.97 Å². The SMILES string of the molecule is COc1ccc(-c2cnc(NC(N)=S)nc2-c2c(O)cc(OC)cc2OC)cc1. The minimum Gasteiger partial charge on any atom is -0.507 e. The highest BCUT2D eigenvalue weighted by atomic mass is 32.1. The summed E-state index contributed by atoms with van der Waals surface area (Å²) in [5, 5.41) is 13.4. The zero-order valence-electron chi connectivity index (χ0n) is 16.1.